The number of halogens is 2. The monoisotopic (exact) mass is 375 g/mol. The second kappa shape index (κ2) is 8.06. The minimum absolute atomic E-state index is 0.102. The van der Waals surface area contributed by atoms with Crippen molar-refractivity contribution in [2.24, 2.45) is 0 Å². The molecule has 1 N–H and O–H groups in total. The van der Waals surface area contributed by atoms with E-state index in [1.807, 2.05) is 19.1 Å². The molecule has 1 fully saturated rings. The number of anilines is 2. The van der Waals surface area contributed by atoms with E-state index in [4.69, 9.17) is 11.6 Å². The third-order valence-corrected chi connectivity index (χ3v) is 5.13. The van der Waals surface area contributed by atoms with E-state index in [0.29, 0.717) is 0 Å². The zero-order valence-electron chi connectivity index (χ0n) is 15.1. The number of piperazine rings is 1. The molecule has 4 nitrogen and oxygen atoms in total. The minimum atomic E-state index is -0.463. The third kappa shape index (κ3) is 4.17. The average Bonchev–Trinajstić information content (AvgIpc) is 2.63. The first kappa shape index (κ1) is 18.7. The van der Waals surface area contributed by atoms with Crippen LogP contribution >= 0.6 is 11.6 Å². The first-order chi connectivity index (χ1) is 12.5. The van der Waals surface area contributed by atoms with E-state index >= 15 is 0 Å². The Labute approximate surface area is 158 Å². The van der Waals surface area contributed by atoms with Crippen LogP contribution in [0, 0.1) is 12.7 Å². The summed E-state index contributed by atoms with van der Waals surface area (Å²) in [5.74, 6) is -0.808. The van der Waals surface area contributed by atoms with Crippen molar-refractivity contribution in [2.75, 3.05) is 42.9 Å². The predicted octanol–water partition coefficient (Wildman–Crippen LogP) is 4.18. The minimum Gasteiger partial charge on any atom is -0.369 e. The maximum absolute atomic E-state index is 13.1. The molecule has 0 radical (unpaired) electrons. The lowest BCUT2D eigenvalue weighted by Gasteiger charge is -2.35. The fraction of sp³-hybridized carbons (Fsp3) is 0.350. The van der Waals surface area contributed by atoms with Gasteiger partial charge < -0.3 is 15.1 Å². The van der Waals surface area contributed by atoms with Crippen LogP contribution in [-0.2, 0) is 0 Å². The molecule has 2 aromatic rings. The number of nitrogens with one attached hydrogen (secondary N) is 1. The van der Waals surface area contributed by atoms with E-state index in [0.717, 1.165) is 55.7 Å². The van der Waals surface area contributed by atoms with E-state index in [-0.39, 0.29) is 16.5 Å². The largest absolute Gasteiger partial charge is 0.369 e. The molecule has 1 saturated heterocycles. The average molecular weight is 376 g/mol. The number of carbonyl (C=O) groups excluding carboxylic acids is 1. The molecule has 0 atom stereocenters. The topological polar surface area (TPSA) is 35.6 Å². The number of aryl methyl sites for hydroxylation is 1. The Balaban J connectivity index is 1.71. The van der Waals surface area contributed by atoms with Crippen molar-refractivity contribution in [3.05, 3.63) is 58.4 Å². The van der Waals surface area contributed by atoms with Crippen LogP contribution in [0.3, 0.4) is 0 Å². The number of likely N-dealkylation sites (N-methyl/N-ethyl adjacent to an activating group) is 1. The molecule has 0 bridgehead atoms. The Hall–Kier alpha value is -2.11. The maximum Gasteiger partial charge on any atom is 0.257 e. The van der Waals surface area contributed by atoms with E-state index in [1.165, 1.54) is 12.1 Å². The lowest BCUT2D eigenvalue weighted by Crippen LogP contribution is -2.46. The molecule has 1 aliphatic heterocycles. The summed E-state index contributed by atoms with van der Waals surface area (Å²) >= 11 is 5.97. The second-order valence-electron chi connectivity index (χ2n) is 6.50. The van der Waals surface area contributed by atoms with Crippen molar-refractivity contribution in [1.82, 2.24) is 4.90 Å². The van der Waals surface area contributed by atoms with Crippen LogP contribution in [0.1, 0.15) is 22.8 Å². The number of hydrogen-bond donors (Lipinski definition) is 1. The summed E-state index contributed by atoms with van der Waals surface area (Å²) in [5.41, 5.74) is 3.13. The third-order valence-electron chi connectivity index (χ3n) is 4.82. The summed E-state index contributed by atoms with van der Waals surface area (Å²) in [4.78, 5) is 17.2. The number of amides is 1. The molecule has 3 rings (SSSR count). The van der Waals surface area contributed by atoms with E-state index < -0.39 is 5.82 Å². The van der Waals surface area contributed by atoms with Gasteiger partial charge in [-0.1, -0.05) is 18.5 Å². The van der Waals surface area contributed by atoms with Crippen LogP contribution < -0.4 is 10.2 Å². The van der Waals surface area contributed by atoms with Crippen LogP contribution in [-0.4, -0.2) is 43.5 Å². The zero-order chi connectivity index (χ0) is 18.7. The van der Waals surface area contributed by atoms with Crippen molar-refractivity contribution >= 4 is 28.9 Å². The smallest absolute Gasteiger partial charge is 0.257 e. The van der Waals surface area contributed by atoms with Gasteiger partial charge in [0.05, 0.1) is 10.6 Å². The second-order valence-corrected chi connectivity index (χ2v) is 6.91. The van der Waals surface area contributed by atoms with Crippen LogP contribution in [0.15, 0.2) is 36.4 Å². The van der Waals surface area contributed by atoms with Gasteiger partial charge in [0.1, 0.15) is 5.82 Å². The molecule has 1 heterocycles. The van der Waals surface area contributed by atoms with Crippen LogP contribution in [0.25, 0.3) is 0 Å². The van der Waals surface area contributed by atoms with Gasteiger partial charge in [0.25, 0.3) is 5.91 Å². The van der Waals surface area contributed by atoms with E-state index in [9.17, 15) is 9.18 Å². The van der Waals surface area contributed by atoms with Gasteiger partial charge in [-0.15, -0.1) is 0 Å². The number of nitrogens with zero attached hydrogens (tertiary/aromatic N) is 2. The van der Waals surface area contributed by atoms with Gasteiger partial charge in [0, 0.05) is 37.6 Å². The number of rotatable bonds is 4. The number of hydrogen-bond acceptors (Lipinski definition) is 3. The molecule has 26 heavy (non-hydrogen) atoms. The summed E-state index contributed by atoms with van der Waals surface area (Å²) in [7, 11) is 0. The lowest BCUT2D eigenvalue weighted by atomic mass is 10.1. The first-order valence-electron chi connectivity index (χ1n) is 8.82. The summed E-state index contributed by atoms with van der Waals surface area (Å²) in [6.07, 6.45) is 0. The summed E-state index contributed by atoms with van der Waals surface area (Å²) in [6.45, 7) is 9.38. The van der Waals surface area contributed by atoms with Crippen molar-refractivity contribution < 1.29 is 9.18 Å². The molecule has 138 valence electrons. The van der Waals surface area contributed by atoms with Crippen LogP contribution in [0.2, 0.25) is 5.02 Å². The number of benzene rings is 2. The molecule has 2 aromatic carbocycles. The highest BCUT2D eigenvalue weighted by molar-refractivity contribution is 6.34. The SMILES string of the molecule is CCN1CCN(c2ccc(NC(=O)c3ccc(F)cc3Cl)c(C)c2)CC1. The highest BCUT2D eigenvalue weighted by Gasteiger charge is 2.17. The summed E-state index contributed by atoms with van der Waals surface area (Å²) in [5, 5.41) is 2.96. The van der Waals surface area contributed by atoms with Crippen molar-refractivity contribution in [3.8, 4) is 0 Å². The fourth-order valence-electron chi connectivity index (χ4n) is 3.17. The molecule has 1 amide bonds. The highest BCUT2D eigenvalue weighted by atomic mass is 35.5. The molecular formula is C20H23ClFN3O. The van der Waals surface area contributed by atoms with Gasteiger partial charge in [-0.3, -0.25) is 4.79 Å². The molecule has 0 spiro atoms. The Bertz CT molecular complexity index is 804. The van der Waals surface area contributed by atoms with Crippen molar-refractivity contribution in [1.29, 1.82) is 0 Å². The zero-order valence-corrected chi connectivity index (χ0v) is 15.8. The van der Waals surface area contributed by atoms with Gasteiger partial charge in [0.15, 0.2) is 0 Å². The molecule has 0 aliphatic carbocycles. The molecule has 0 aromatic heterocycles. The summed E-state index contributed by atoms with van der Waals surface area (Å²) in [6, 6.07) is 9.78. The predicted molar refractivity (Wildman–Crippen MR) is 105 cm³/mol. The molecule has 6 heteroatoms. The van der Waals surface area contributed by atoms with Gasteiger partial charge in [0.2, 0.25) is 0 Å². The van der Waals surface area contributed by atoms with Crippen molar-refractivity contribution in [3.63, 3.8) is 0 Å². The van der Waals surface area contributed by atoms with Crippen LogP contribution in [0.4, 0.5) is 15.8 Å². The molecule has 0 saturated carbocycles. The van der Waals surface area contributed by atoms with Gasteiger partial charge in [-0.2, -0.15) is 0 Å². The Morgan fingerprint density at radius 3 is 2.50 bits per heavy atom. The number of carbonyl (C=O) groups is 1. The maximum atomic E-state index is 13.1. The van der Waals surface area contributed by atoms with E-state index in [1.54, 1.807) is 0 Å². The molecular weight excluding hydrogens is 353 g/mol. The molecule has 0 unspecified atom stereocenters. The Morgan fingerprint density at radius 2 is 1.88 bits per heavy atom. The normalized spacial score (nSPS) is 15.2. The van der Waals surface area contributed by atoms with Gasteiger partial charge in [-0.05, 0) is 55.4 Å². The standard InChI is InChI=1S/C20H23ClFN3O/c1-3-24-8-10-25(11-9-24)16-5-7-19(14(2)12-16)23-20(26)17-6-4-15(22)13-18(17)21/h4-7,12-13H,3,8-11H2,1-2H3,(H,23,26). The fourth-order valence-corrected chi connectivity index (χ4v) is 3.42. The van der Waals surface area contributed by atoms with Gasteiger partial charge >= 0.3 is 0 Å². The van der Waals surface area contributed by atoms with Gasteiger partial charge in [-0.25, -0.2) is 4.39 Å². The lowest BCUT2D eigenvalue weighted by molar-refractivity contribution is 0.102. The van der Waals surface area contributed by atoms with E-state index in [2.05, 4.69) is 28.1 Å². The Kier molecular flexibility index (Phi) is 5.79. The first-order valence-corrected chi connectivity index (χ1v) is 9.20. The summed E-state index contributed by atoms with van der Waals surface area (Å²) < 4.78 is 13.1. The molecule has 1 aliphatic rings. The highest BCUT2D eigenvalue weighted by Crippen LogP contribution is 2.25. The quantitative estimate of drug-likeness (QED) is 0.870. The van der Waals surface area contributed by atoms with Crippen LogP contribution in [0.5, 0.6) is 0 Å². The Morgan fingerprint density at radius 1 is 1.15 bits per heavy atom. The van der Waals surface area contributed by atoms with Crippen molar-refractivity contribution in [2.45, 2.75) is 13.8 Å².